The van der Waals surface area contributed by atoms with Crippen molar-refractivity contribution in [2.24, 2.45) is 0 Å². The Hall–Kier alpha value is -0.500. The molecule has 5 nitrogen and oxygen atoms in total. The van der Waals surface area contributed by atoms with Gasteiger partial charge in [-0.25, -0.2) is 4.55 Å². The number of hydroxylamine groups is 1. The maximum Gasteiger partial charge on any atom is 0.503 e. The molecule has 0 aromatic heterocycles. The van der Waals surface area contributed by atoms with Gasteiger partial charge in [-0.05, 0) is 6.08 Å². The van der Waals surface area contributed by atoms with Crippen molar-refractivity contribution in [2.45, 2.75) is 0 Å². The smallest absolute Gasteiger partial charge is 0.236 e. The van der Waals surface area contributed by atoms with Gasteiger partial charge in [-0.2, -0.15) is 5.21 Å². The highest BCUT2D eigenvalue weighted by molar-refractivity contribution is 7.79. The first-order valence-corrected chi connectivity index (χ1v) is 3.60. The van der Waals surface area contributed by atoms with Crippen LogP contribution in [0.2, 0.25) is 0 Å². The number of hydrogen-bond acceptors (Lipinski definition) is 3. The van der Waals surface area contributed by atoms with E-state index in [1.54, 1.807) is 0 Å². The summed E-state index contributed by atoms with van der Waals surface area (Å²) < 4.78 is 36.9. The van der Waals surface area contributed by atoms with E-state index in [0.29, 0.717) is 0 Å². The van der Waals surface area contributed by atoms with Gasteiger partial charge in [-0.1, -0.05) is 6.58 Å². The Bertz CT molecular complexity index is 221. The van der Waals surface area contributed by atoms with Gasteiger partial charge in [0.05, 0.1) is 4.48 Å². The minimum Gasteiger partial charge on any atom is -0.236 e. The predicted molar refractivity (Wildman–Crippen MR) is 29.8 cm³/mol. The van der Waals surface area contributed by atoms with Crippen molar-refractivity contribution in [1.82, 2.24) is 0 Å². The van der Waals surface area contributed by atoms with Gasteiger partial charge in [0, 0.05) is 0 Å². The van der Waals surface area contributed by atoms with Crippen LogP contribution in [-0.4, -0.2) is 29.0 Å². The molecule has 1 unspecified atom stereocenters. The van der Waals surface area contributed by atoms with E-state index in [-0.39, 0.29) is 0 Å². The second-order valence-electron chi connectivity index (χ2n) is 1.54. The fourth-order valence-electron chi connectivity index (χ4n) is 0.253. The molecule has 0 heterocycles. The summed E-state index contributed by atoms with van der Waals surface area (Å²) >= 11 is 0. The van der Waals surface area contributed by atoms with Gasteiger partial charge in [0.15, 0.2) is 6.54 Å². The lowest BCUT2D eigenvalue weighted by Gasteiger charge is -2.08. The molecule has 0 amide bonds. The highest BCUT2D eigenvalue weighted by atomic mass is 32.2. The van der Waals surface area contributed by atoms with E-state index < -0.39 is 21.1 Å². The first-order valence-electron chi connectivity index (χ1n) is 2.20. The molecule has 7 heteroatoms. The molecule has 0 radical (unpaired) electrons. The van der Waals surface area contributed by atoms with E-state index in [9.17, 15) is 12.9 Å². The summed E-state index contributed by atoms with van der Waals surface area (Å²) in [6.07, 6.45) is 0.813. The maximum atomic E-state index is 12.2. The number of hydrogen-bond donors (Lipinski definition) is 2. The molecular weight excluding hydrogens is 165 g/mol. The molecule has 10 heavy (non-hydrogen) atoms. The molecule has 0 aliphatic rings. The molecule has 0 fully saturated rings. The van der Waals surface area contributed by atoms with Crippen molar-refractivity contribution in [1.29, 1.82) is 0 Å². The van der Waals surface area contributed by atoms with Crippen molar-refractivity contribution >= 4 is 10.3 Å². The monoisotopic (exact) mass is 172 g/mol. The first-order chi connectivity index (χ1) is 4.31. The van der Waals surface area contributed by atoms with Gasteiger partial charge in [-0.3, -0.25) is 0 Å². The largest absolute Gasteiger partial charge is 0.503 e. The van der Waals surface area contributed by atoms with Crippen LogP contribution in [0.15, 0.2) is 12.7 Å². The first kappa shape index (κ1) is 9.50. The minimum absolute atomic E-state index is 0.813. The molecule has 2 N–H and O–H groups in total. The van der Waals surface area contributed by atoms with Crippen molar-refractivity contribution in [3.8, 4) is 0 Å². The predicted octanol–water partition coefficient (Wildman–Crippen LogP) is 0.0657. The van der Waals surface area contributed by atoms with E-state index in [2.05, 4.69) is 6.58 Å². The van der Waals surface area contributed by atoms with E-state index >= 15 is 0 Å². The number of nitrogens with zero attached hydrogens (tertiary/aromatic N) is 1. The van der Waals surface area contributed by atoms with Crippen LogP contribution in [0.25, 0.3) is 0 Å². The van der Waals surface area contributed by atoms with Crippen molar-refractivity contribution in [3.63, 3.8) is 0 Å². The summed E-state index contributed by atoms with van der Waals surface area (Å²) in [6.45, 7) is 2.05. The fraction of sp³-hybridized carbons (Fsp3) is 0.333. The summed E-state index contributed by atoms with van der Waals surface area (Å²) in [6, 6.07) is 0. The van der Waals surface area contributed by atoms with E-state index in [1.165, 1.54) is 0 Å². The van der Waals surface area contributed by atoms with Crippen LogP contribution in [0.4, 0.5) is 4.48 Å². The molecule has 0 bridgehead atoms. The number of quaternary nitrogens is 1. The summed E-state index contributed by atoms with van der Waals surface area (Å²) in [5.41, 5.74) is 0. The van der Waals surface area contributed by atoms with Gasteiger partial charge >= 0.3 is 10.3 Å². The number of rotatable bonds is 3. The third-order valence-corrected chi connectivity index (χ3v) is 1.56. The summed E-state index contributed by atoms with van der Waals surface area (Å²) in [4.78, 5) is 0. The Morgan fingerprint density at radius 2 is 2.10 bits per heavy atom. The Labute approximate surface area is 57.4 Å². The highest BCUT2D eigenvalue weighted by Crippen LogP contribution is 2.08. The van der Waals surface area contributed by atoms with Gasteiger partial charge in [0.2, 0.25) is 0 Å². The second kappa shape index (κ2) is 2.62. The van der Waals surface area contributed by atoms with Crippen LogP contribution < -0.4 is 0 Å². The summed E-state index contributed by atoms with van der Waals surface area (Å²) in [5, 5.41) is 8.21. The molecule has 0 rings (SSSR count). The van der Waals surface area contributed by atoms with E-state index in [1.807, 2.05) is 0 Å². The van der Waals surface area contributed by atoms with Gasteiger partial charge in [0.25, 0.3) is 0 Å². The van der Waals surface area contributed by atoms with Crippen molar-refractivity contribution in [3.05, 3.63) is 12.7 Å². The molecule has 60 valence electrons. The molecule has 0 saturated carbocycles. The van der Waals surface area contributed by atoms with Gasteiger partial charge in [0.1, 0.15) is 4.27 Å². The van der Waals surface area contributed by atoms with E-state index in [4.69, 9.17) is 9.76 Å². The van der Waals surface area contributed by atoms with Crippen LogP contribution in [0, 0.1) is 0 Å². The lowest BCUT2D eigenvalue weighted by molar-refractivity contribution is -1.11. The summed E-state index contributed by atoms with van der Waals surface area (Å²) in [7, 11) is -5.11. The van der Waals surface area contributed by atoms with Crippen LogP contribution in [-0.2, 0) is 10.3 Å². The fourth-order valence-corrected chi connectivity index (χ4v) is 0.547. The average molecular weight is 172 g/mol. The lowest BCUT2D eigenvalue weighted by Crippen LogP contribution is -2.41. The summed E-state index contributed by atoms with van der Waals surface area (Å²) in [5.74, 6) is 0. The topological polar surface area (TPSA) is 74.6 Å². The molecule has 0 aliphatic carbocycles. The molecule has 0 saturated heterocycles. The molecular formula is C3H7FNO4S+. The Morgan fingerprint density at radius 3 is 2.20 bits per heavy atom. The molecule has 0 aromatic carbocycles. The van der Waals surface area contributed by atoms with E-state index in [0.717, 1.165) is 6.08 Å². The molecule has 0 aliphatic heterocycles. The third-order valence-electron chi connectivity index (χ3n) is 0.708. The molecule has 1 atom stereocenters. The Balaban J connectivity index is 4.57. The third kappa shape index (κ3) is 2.03. The highest BCUT2D eigenvalue weighted by Gasteiger charge is 2.41. The Morgan fingerprint density at radius 1 is 1.70 bits per heavy atom. The minimum atomic E-state index is -5.11. The zero-order chi connectivity index (χ0) is 8.41. The zero-order valence-corrected chi connectivity index (χ0v) is 5.75. The van der Waals surface area contributed by atoms with Gasteiger partial charge in [-0.15, -0.1) is 8.42 Å². The lowest BCUT2D eigenvalue weighted by atomic mass is 10.7. The Kier molecular flexibility index (Phi) is 2.49. The van der Waals surface area contributed by atoms with Crippen LogP contribution in [0.5, 0.6) is 0 Å². The maximum absolute atomic E-state index is 12.2. The quantitative estimate of drug-likeness (QED) is 0.273. The van der Waals surface area contributed by atoms with Crippen molar-refractivity contribution < 1.29 is 26.9 Å². The average Bonchev–Trinajstić information content (AvgIpc) is 1.61. The number of halogens is 1. The second-order valence-corrected chi connectivity index (χ2v) is 2.99. The standard InChI is InChI=1S/C3H6FNO4S/c1-2-3-5(4,6)10(7,8)9/h2,6H,1,3H2/p+1. The normalized spacial score (nSPS) is 17.9. The van der Waals surface area contributed by atoms with Crippen LogP contribution in [0.1, 0.15) is 0 Å². The zero-order valence-electron chi connectivity index (χ0n) is 4.94. The van der Waals surface area contributed by atoms with Crippen molar-refractivity contribution in [2.75, 3.05) is 6.54 Å². The van der Waals surface area contributed by atoms with Crippen LogP contribution >= 0.6 is 0 Å². The van der Waals surface area contributed by atoms with Gasteiger partial charge < -0.3 is 0 Å². The molecule has 0 aromatic rings. The van der Waals surface area contributed by atoms with Crippen LogP contribution in [0.3, 0.4) is 0 Å². The molecule has 0 spiro atoms. The SMILES string of the molecule is C=CC[N+](O)(F)S(=O)(=O)O.